The molecule has 2 rings (SSSR count). The third kappa shape index (κ3) is 3.53. The molecule has 1 atom stereocenters. The van der Waals surface area contributed by atoms with Gasteiger partial charge >= 0.3 is 0 Å². The lowest BCUT2D eigenvalue weighted by molar-refractivity contribution is 0.0342. The number of nitrogens with zero attached hydrogens (tertiary/aromatic N) is 1. The van der Waals surface area contributed by atoms with Crippen LogP contribution in [0.5, 0.6) is 0 Å². The van der Waals surface area contributed by atoms with Crippen LogP contribution >= 0.6 is 0 Å². The summed E-state index contributed by atoms with van der Waals surface area (Å²) in [5.74, 6) is 0. The molecule has 94 valence electrons. The first-order valence-corrected chi connectivity index (χ1v) is 6.36. The molecule has 1 N–H and O–H groups in total. The summed E-state index contributed by atoms with van der Waals surface area (Å²) in [7, 11) is 0. The van der Waals surface area contributed by atoms with Crippen molar-refractivity contribution < 1.29 is 9.84 Å². The first-order chi connectivity index (χ1) is 8.29. The number of aliphatic hydroxyl groups excluding tert-OH is 1. The van der Waals surface area contributed by atoms with Crippen molar-refractivity contribution >= 4 is 0 Å². The smallest absolute Gasteiger partial charge is 0.0787 e. The first kappa shape index (κ1) is 12.6. The number of hydrogen-bond acceptors (Lipinski definition) is 3. The van der Waals surface area contributed by atoms with E-state index < -0.39 is 0 Å². The molecule has 0 amide bonds. The van der Waals surface area contributed by atoms with Crippen LogP contribution in [0.1, 0.15) is 30.6 Å². The number of benzene rings is 1. The molecule has 0 bridgehead atoms. The van der Waals surface area contributed by atoms with Crippen molar-refractivity contribution in [3.05, 3.63) is 35.4 Å². The number of hydrogen-bond donors (Lipinski definition) is 1. The molecule has 1 fully saturated rings. The van der Waals surface area contributed by atoms with Crippen molar-refractivity contribution in [1.29, 1.82) is 0 Å². The molecule has 1 aliphatic heterocycles. The molecule has 1 aromatic carbocycles. The lowest BCUT2D eigenvalue weighted by atomic mass is 10.1. The van der Waals surface area contributed by atoms with E-state index in [-0.39, 0.29) is 6.10 Å². The van der Waals surface area contributed by atoms with E-state index in [4.69, 9.17) is 4.74 Å². The van der Waals surface area contributed by atoms with Crippen molar-refractivity contribution in [3.8, 4) is 0 Å². The fraction of sp³-hybridized carbons (Fsp3) is 0.571. The van der Waals surface area contributed by atoms with Gasteiger partial charge in [0.1, 0.15) is 0 Å². The van der Waals surface area contributed by atoms with Crippen LogP contribution in [0.3, 0.4) is 0 Å². The molecule has 3 heteroatoms. The number of morpholine rings is 1. The van der Waals surface area contributed by atoms with Gasteiger partial charge in [-0.15, -0.1) is 0 Å². The third-order valence-electron chi connectivity index (χ3n) is 3.26. The molecule has 0 radical (unpaired) electrons. The van der Waals surface area contributed by atoms with Crippen LogP contribution < -0.4 is 0 Å². The summed E-state index contributed by atoms with van der Waals surface area (Å²) < 4.78 is 5.33. The van der Waals surface area contributed by atoms with Gasteiger partial charge in [0.2, 0.25) is 0 Å². The highest BCUT2D eigenvalue weighted by atomic mass is 16.5. The molecular weight excluding hydrogens is 214 g/mol. The summed E-state index contributed by atoms with van der Waals surface area (Å²) in [5, 5.41) is 9.71. The Morgan fingerprint density at radius 3 is 2.47 bits per heavy atom. The highest BCUT2D eigenvalue weighted by molar-refractivity contribution is 5.24. The Hall–Kier alpha value is -0.900. The fourth-order valence-electron chi connectivity index (χ4n) is 2.10. The minimum atomic E-state index is -0.326. The average Bonchev–Trinajstić information content (AvgIpc) is 2.40. The Balaban J connectivity index is 1.93. The maximum atomic E-state index is 9.71. The van der Waals surface area contributed by atoms with Crippen LogP contribution in [-0.2, 0) is 11.3 Å². The highest BCUT2D eigenvalue weighted by Gasteiger charge is 2.11. The summed E-state index contributed by atoms with van der Waals surface area (Å²) in [6.45, 7) is 6.68. The van der Waals surface area contributed by atoms with Gasteiger partial charge in [-0.2, -0.15) is 0 Å². The Labute approximate surface area is 103 Å². The molecule has 0 aliphatic carbocycles. The van der Waals surface area contributed by atoms with Gasteiger partial charge in [-0.1, -0.05) is 31.2 Å². The lowest BCUT2D eigenvalue weighted by Crippen LogP contribution is -2.35. The Morgan fingerprint density at radius 1 is 1.24 bits per heavy atom. The summed E-state index contributed by atoms with van der Waals surface area (Å²) in [4.78, 5) is 2.40. The van der Waals surface area contributed by atoms with Crippen LogP contribution in [0.15, 0.2) is 24.3 Å². The normalized spacial score (nSPS) is 19.2. The van der Waals surface area contributed by atoms with Crippen molar-refractivity contribution in [3.63, 3.8) is 0 Å². The maximum absolute atomic E-state index is 9.71. The third-order valence-corrected chi connectivity index (χ3v) is 3.26. The second-order valence-corrected chi connectivity index (χ2v) is 4.55. The summed E-state index contributed by atoms with van der Waals surface area (Å²) >= 11 is 0. The van der Waals surface area contributed by atoms with E-state index in [1.54, 1.807) is 0 Å². The zero-order chi connectivity index (χ0) is 12.1. The largest absolute Gasteiger partial charge is 0.388 e. The minimum Gasteiger partial charge on any atom is -0.388 e. The molecule has 1 heterocycles. The first-order valence-electron chi connectivity index (χ1n) is 6.36. The monoisotopic (exact) mass is 235 g/mol. The van der Waals surface area contributed by atoms with E-state index in [0.717, 1.165) is 44.8 Å². The van der Waals surface area contributed by atoms with Gasteiger partial charge in [-0.3, -0.25) is 4.90 Å². The highest BCUT2D eigenvalue weighted by Crippen LogP contribution is 2.17. The van der Waals surface area contributed by atoms with Gasteiger partial charge in [0, 0.05) is 19.6 Å². The Bertz CT molecular complexity index is 331. The van der Waals surface area contributed by atoms with Gasteiger partial charge < -0.3 is 9.84 Å². The minimum absolute atomic E-state index is 0.326. The zero-order valence-corrected chi connectivity index (χ0v) is 10.4. The summed E-state index contributed by atoms with van der Waals surface area (Å²) in [6.07, 6.45) is 0.440. The van der Waals surface area contributed by atoms with E-state index in [1.807, 2.05) is 19.1 Å². The predicted molar refractivity (Wildman–Crippen MR) is 67.8 cm³/mol. The van der Waals surface area contributed by atoms with Crippen molar-refractivity contribution in [1.82, 2.24) is 4.90 Å². The van der Waals surface area contributed by atoms with E-state index in [0.29, 0.717) is 0 Å². The molecule has 0 saturated carbocycles. The Kier molecular flexibility index (Phi) is 4.54. The van der Waals surface area contributed by atoms with Crippen LogP contribution in [0.4, 0.5) is 0 Å². The average molecular weight is 235 g/mol. The SMILES string of the molecule is CCC(O)c1ccc(CN2CCOCC2)cc1. The predicted octanol–water partition coefficient (Wildman–Crippen LogP) is 1.96. The van der Waals surface area contributed by atoms with E-state index >= 15 is 0 Å². The molecule has 3 nitrogen and oxygen atoms in total. The van der Waals surface area contributed by atoms with E-state index in [1.165, 1.54) is 5.56 Å². The summed E-state index contributed by atoms with van der Waals surface area (Å²) in [5.41, 5.74) is 2.32. The topological polar surface area (TPSA) is 32.7 Å². The molecular formula is C14H21NO2. The van der Waals surface area contributed by atoms with Crippen molar-refractivity contribution in [2.24, 2.45) is 0 Å². The van der Waals surface area contributed by atoms with Gasteiger partial charge in [-0.25, -0.2) is 0 Å². The molecule has 17 heavy (non-hydrogen) atoms. The molecule has 0 spiro atoms. The summed E-state index contributed by atoms with van der Waals surface area (Å²) in [6, 6.07) is 8.29. The van der Waals surface area contributed by atoms with E-state index in [2.05, 4.69) is 17.0 Å². The van der Waals surface area contributed by atoms with Crippen molar-refractivity contribution in [2.45, 2.75) is 26.0 Å². The molecule has 1 unspecified atom stereocenters. The van der Waals surface area contributed by atoms with Gasteiger partial charge in [0.05, 0.1) is 19.3 Å². The van der Waals surface area contributed by atoms with Crippen LogP contribution in [0, 0.1) is 0 Å². The number of rotatable bonds is 4. The van der Waals surface area contributed by atoms with Crippen LogP contribution in [-0.4, -0.2) is 36.3 Å². The fourth-order valence-corrected chi connectivity index (χ4v) is 2.10. The second kappa shape index (κ2) is 6.15. The molecule has 1 aromatic rings. The molecule has 1 saturated heterocycles. The van der Waals surface area contributed by atoms with E-state index in [9.17, 15) is 5.11 Å². The quantitative estimate of drug-likeness (QED) is 0.866. The molecule has 0 aromatic heterocycles. The van der Waals surface area contributed by atoms with Crippen LogP contribution in [0.2, 0.25) is 0 Å². The van der Waals surface area contributed by atoms with Gasteiger partial charge in [0.15, 0.2) is 0 Å². The maximum Gasteiger partial charge on any atom is 0.0787 e. The standard InChI is InChI=1S/C14H21NO2/c1-2-14(16)13-5-3-12(4-6-13)11-15-7-9-17-10-8-15/h3-6,14,16H,2,7-11H2,1H3. The van der Waals surface area contributed by atoms with Crippen molar-refractivity contribution in [2.75, 3.05) is 26.3 Å². The van der Waals surface area contributed by atoms with Gasteiger partial charge in [0.25, 0.3) is 0 Å². The number of ether oxygens (including phenoxy) is 1. The Morgan fingerprint density at radius 2 is 1.88 bits per heavy atom. The molecule has 1 aliphatic rings. The lowest BCUT2D eigenvalue weighted by Gasteiger charge is -2.26. The van der Waals surface area contributed by atoms with Gasteiger partial charge in [-0.05, 0) is 17.5 Å². The zero-order valence-electron chi connectivity index (χ0n) is 10.4. The second-order valence-electron chi connectivity index (χ2n) is 4.55. The van der Waals surface area contributed by atoms with Crippen LogP contribution in [0.25, 0.3) is 0 Å². The number of aliphatic hydroxyl groups is 1.